The van der Waals surface area contributed by atoms with Gasteiger partial charge < -0.3 is 10.5 Å². The number of morpholine rings is 1. The van der Waals surface area contributed by atoms with Crippen LogP contribution in [0.4, 0.5) is 0 Å². The molecule has 2 unspecified atom stereocenters. The van der Waals surface area contributed by atoms with E-state index >= 15 is 0 Å². The lowest BCUT2D eigenvalue weighted by atomic mass is 10.1. The number of hydrogen-bond acceptors (Lipinski definition) is 3. The second-order valence-corrected chi connectivity index (χ2v) is 2.99. The van der Waals surface area contributed by atoms with E-state index in [0.717, 1.165) is 26.2 Å². The second-order valence-electron chi connectivity index (χ2n) is 2.99. The molecule has 0 aromatic carbocycles. The van der Waals surface area contributed by atoms with Gasteiger partial charge in [0.05, 0.1) is 18.8 Å². The van der Waals surface area contributed by atoms with Crippen molar-refractivity contribution in [1.82, 2.24) is 4.90 Å². The van der Waals surface area contributed by atoms with Gasteiger partial charge in [0.25, 0.3) is 0 Å². The molecule has 2 atom stereocenters. The van der Waals surface area contributed by atoms with Crippen molar-refractivity contribution >= 4 is 0 Å². The summed E-state index contributed by atoms with van der Waals surface area (Å²) in [4.78, 5) is 2.30. The van der Waals surface area contributed by atoms with Crippen LogP contribution < -0.4 is 5.73 Å². The SMILES string of the molecule is C#CC(N)C1CN(CC)CCO1. The fraction of sp³-hybridized carbons (Fsp3) is 0.778. The molecule has 1 rings (SSSR count). The first-order valence-corrected chi connectivity index (χ1v) is 4.33. The molecule has 0 radical (unpaired) electrons. The average Bonchev–Trinajstić information content (AvgIpc) is 2.17. The van der Waals surface area contributed by atoms with Gasteiger partial charge >= 0.3 is 0 Å². The molecule has 0 aromatic rings. The van der Waals surface area contributed by atoms with Crippen LogP contribution in [0.3, 0.4) is 0 Å². The third-order valence-electron chi connectivity index (χ3n) is 2.22. The molecule has 68 valence electrons. The predicted molar refractivity (Wildman–Crippen MR) is 48.7 cm³/mol. The van der Waals surface area contributed by atoms with Crippen molar-refractivity contribution in [3.05, 3.63) is 0 Å². The average molecular weight is 168 g/mol. The van der Waals surface area contributed by atoms with Crippen LogP contribution in [0.1, 0.15) is 6.92 Å². The number of hydrogen-bond donors (Lipinski definition) is 1. The Kier molecular flexibility index (Phi) is 3.54. The van der Waals surface area contributed by atoms with E-state index in [2.05, 4.69) is 17.7 Å². The van der Waals surface area contributed by atoms with Gasteiger partial charge in [0.2, 0.25) is 0 Å². The molecule has 0 aromatic heterocycles. The van der Waals surface area contributed by atoms with Crippen molar-refractivity contribution in [2.24, 2.45) is 5.73 Å². The molecule has 1 heterocycles. The fourth-order valence-electron chi connectivity index (χ4n) is 1.34. The summed E-state index contributed by atoms with van der Waals surface area (Å²) in [6.45, 7) is 5.76. The van der Waals surface area contributed by atoms with Crippen LogP contribution in [-0.4, -0.2) is 43.3 Å². The van der Waals surface area contributed by atoms with E-state index in [-0.39, 0.29) is 12.1 Å². The Morgan fingerprint density at radius 3 is 3.17 bits per heavy atom. The molecule has 1 aliphatic heterocycles. The molecule has 0 aliphatic carbocycles. The van der Waals surface area contributed by atoms with Crippen molar-refractivity contribution in [2.45, 2.75) is 19.1 Å². The highest BCUT2D eigenvalue weighted by Gasteiger charge is 2.23. The summed E-state index contributed by atoms with van der Waals surface area (Å²) in [5.41, 5.74) is 5.68. The molecule has 0 bridgehead atoms. The first kappa shape index (κ1) is 9.53. The Morgan fingerprint density at radius 1 is 1.83 bits per heavy atom. The van der Waals surface area contributed by atoms with Gasteiger partial charge in [-0.25, -0.2) is 0 Å². The van der Waals surface area contributed by atoms with Gasteiger partial charge in [-0.05, 0) is 6.54 Å². The lowest BCUT2D eigenvalue weighted by molar-refractivity contribution is -0.0305. The number of nitrogens with two attached hydrogens (primary N) is 1. The third-order valence-corrected chi connectivity index (χ3v) is 2.22. The van der Waals surface area contributed by atoms with Gasteiger partial charge in [0.15, 0.2) is 0 Å². The zero-order valence-electron chi connectivity index (χ0n) is 7.49. The van der Waals surface area contributed by atoms with E-state index in [4.69, 9.17) is 16.9 Å². The van der Waals surface area contributed by atoms with E-state index in [1.165, 1.54) is 0 Å². The lowest BCUT2D eigenvalue weighted by Crippen LogP contribution is -2.49. The van der Waals surface area contributed by atoms with Crippen LogP contribution in [-0.2, 0) is 4.74 Å². The number of rotatable bonds is 2. The number of terminal acetylenes is 1. The molecule has 1 fully saturated rings. The highest BCUT2D eigenvalue weighted by molar-refractivity contribution is 5.02. The smallest absolute Gasteiger partial charge is 0.0965 e. The molecule has 0 spiro atoms. The van der Waals surface area contributed by atoms with E-state index in [9.17, 15) is 0 Å². The Hall–Kier alpha value is -0.560. The Bertz CT molecular complexity index is 176. The zero-order valence-corrected chi connectivity index (χ0v) is 7.49. The second kappa shape index (κ2) is 4.46. The summed E-state index contributed by atoms with van der Waals surface area (Å²) >= 11 is 0. The fourth-order valence-corrected chi connectivity index (χ4v) is 1.34. The Balaban J connectivity index is 2.41. The monoisotopic (exact) mass is 168 g/mol. The number of nitrogens with zero attached hydrogens (tertiary/aromatic N) is 1. The Morgan fingerprint density at radius 2 is 2.58 bits per heavy atom. The van der Waals surface area contributed by atoms with E-state index < -0.39 is 0 Å². The molecule has 2 N–H and O–H groups in total. The van der Waals surface area contributed by atoms with E-state index in [1.807, 2.05) is 0 Å². The summed E-state index contributed by atoms with van der Waals surface area (Å²) in [5.74, 6) is 2.51. The normalized spacial score (nSPS) is 27.9. The molecule has 3 heteroatoms. The standard InChI is InChI=1S/C9H16N2O/c1-3-8(10)9-7-11(4-2)5-6-12-9/h1,8-9H,4-7,10H2,2H3. The van der Waals surface area contributed by atoms with Gasteiger partial charge in [-0.2, -0.15) is 0 Å². The van der Waals surface area contributed by atoms with Crippen molar-refractivity contribution in [1.29, 1.82) is 0 Å². The summed E-state index contributed by atoms with van der Waals surface area (Å²) in [7, 11) is 0. The minimum Gasteiger partial charge on any atom is -0.373 e. The van der Waals surface area contributed by atoms with Crippen LogP contribution in [0.15, 0.2) is 0 Å². The maximum atomic E-state index is 5.68. The first-order valence-electron chi connectivity index (χ1n) is 4.33. The minimum atomic E-state index is -0.264. The van der Waals surface area contributed by atoms with Crippen LogP contribution in [0.25, 0.3) is 0 Å². The third kappa shape index (κ3) is 2.21. The van der Waals surface area contributed by atoms with Crippen LogP contribution >= 0.6 is 0 Å². The van der Waals surface area contributed by atoms with Crippen LogP contribution in [0.2, 0.25) is 0 Å². The topological polar surface area (TPSA) is 38.5 Å². The van der Waals surface area contributed by atoms with Crippen molar-refractivity contribution < 1.29 is 4.74 Å². The molecular weight excluding hydrogens is 152 g/mol. The summed E-state index contributed by atoms with van der Waals surface area (Å²) in [6.07, 6.45) is 5.23. The van der Waals surface area contributed by atoms with Crippen molar-refractivity contribution in [3.8, 4) is 12.3 Å². The van der Waals surface area contributed by atoms with E-state index in [0.29, 0.717) is 0 Å². The molecule has 0 saturated carbocycles. The highest BCUT2D eigenvalue weighted by Crippen LogP contribution is 2.06. The number of likely N-dealkylation sites (N-methyl/N-ethyl adjacent to an activating group) is 1. The van der Waals surface area contributed by atoms with Crippen molar-refractivity contribution in [2.75, 3.05) is 26.2 Å². The van der Waals surface area contributed by atoms with Crippen LogP contribution in [0.5, 0.6) is 0 Å². The summed E-state index contributed by atoms with van der Waals surface area (Å²) in [5, 5.41) is 0. The first-order chi connectivity index (χ1) is 5.77. The minimum absolute atomic E-state index is 0.0173. The lowest BCUT2D eigenvalue weighted by Gasteiger charge is -2.33. The summed E-state index contributed by atoms with van der Waals surface area (Å²) in [6, 6.07) is -0.264. The zero-order chi connectivity index (χ0) is 8.97. The molecular formula is C9H16N2O. The largest absolute Gasteiger partial charge is 0.373 e. The highest BCUT2D eigenvalue weighted by atomic mass is 16.5. The Labute approximate surface area is 73.9 Å². The molecule has 3 nitrogen and oxygen atoms in total. The quantitative estimate of drug-likeness (QED) is 0.574. The van der Waals surface area contributed by atoms with Crippen molar-refractivity contribution in [3.63, 3.8) is 0 Å². The van der Waals surface area contributed by atoms with Gasteiger partial charge in [-0.15, -0.1) is 6.42 Å². The maximum absolute atomic E-state index is 5.68. The molecule has 1 saturated heterocycles. The van der Waals surface area contributed by atoms with E-state index in [1.54, 1.807) is 0 Å². The van der Waals surface area contributed by atoms with Gasteiger partial charge in [-0.1, -0.05) is 12.8 Å². The maximum Gasteiger partial charge on any atom is 0.0965 e. The van der Waals surface area contributed by atoms with Crippen LogP contribution in [0, 0.1) is 12.3 Å². The molecule has 0 amide bonds. The predicted octanol–water partition coefficient (Wildman–Crippen LogP) is -0.332. The summed E-state index contributed by atoms with van der Waals surface area (Å²) < 4.78 is 5.45. The molecule has 12 heavy (non-hydrogen) atoms. The number of ether oxygens (including phenoxy) is 1. The van der Waals surface area contributed by atoms with Gasteiger partial charge in [0, 0.05) is 13.1 Å². The van der Waals surface area contributed by atoms with Gasteiger partial charge in [-0.3, -0.25) is 4.90 Å². The molecule has 1 aliphatic rings. The van der Waals surface area contributed by atoms with Gasteiger partial charge in [0.1, 0.15) is 0 Å².